The van der Waals surface area contributed by atoms with Gasteiger partial charge in [0.15, 0.2) is 0 Å². The molecule has 2 rings (SSSR count). The summed E-state index contributed by atoms with van der Waals surface area (Å²) in [5.74, 6) is 4.19. The molecular weight excluding hydrogens is 120 g/mol. The van der Waals surface area contributed by atoms with E-state index in [4.69, 9.17) is 0 Å². The first-order valence-electron chi connectivity index (χ1n) is 4.67. The van der Waals surface area contributed by atoms with Crippen molar-refractivity contribution in [2.75, 3.05) is 0 Å². The van der Waals surface area contributed by atoms with Gasteiger partial charge in [-0.1, -0.05) is 34.1 Å². The van der Waals surface area contributed by atoms with Crippen LogP contribution in [0.15, 0.2) is 0 Å². The molecule has 4 unspecified atom stereocenters. The number of hydrogen-bond donors (Lipinski definition) is 0. The third kappa shape index (κ3) is 0.436. The van der Waals surface area contributed by atoms with E-state index in [1.165, 1.54) is 6.42 Å². The van der Waals surface area contributed by atoms with Crippen LogP contribution in [-0.2, 0) is 0 Å². The van der Waals surface area contributed by atoms with Gasteiger partial charge in [0.1, 0.15) is 0 Å². The fraction of sp³-hybridized carbons (Fsp3) is 1.00. The van der Waals surface area contributed by atoms with E-state index in [0.717, 1.165) is 29.1 Å². The van der Waals surface area contributed by atoms with Crippen molar-refractivity contribution in [3.8, 4) is 0 Å². The molecule has 0 radical (unpaired) electrons. The summed E-state index contributed by atoms with van der Waals surface area (Å²) in [4.78, 5) is 0. The zero-order valence-corrected chi connectivity index (χ0v) is 7.52. The molecule has 2 aliphatic carbocycles. The summed E-state index contributed by atoms with van der Waals surface area (Å²) in [5, 5.41) is 0. The summed E-state index contributed by atoms with van der Waals surface area (Å²) >= 11 is 0. The normalized spacial score (nSPS) is 64.8. The van der Waals surface area contributed by atoms with E-state index in [1.807, 2.05) is 0 Å². The fourth-order valence-corrected chi connectivity index (χ4v) is 3.76. The van der Waals surface area contributed by atoms with E-state index in [2.05, 4.69) is 27.7 Å². The van der Waals surface area contributed by atoms with Crippen LogP contribution in [0.25, 0.3) is 0 Å². The van der Waals surface area contributed by atoms with E-state index in [1.54, 1.807) is 0 Å². The predicted octanol–water partition coefficient (Wildman–Crippen LogP) is 2.93. The molecule has 0 N–H and O–H groups in total. The lowest BCUT2D eigenvalue weighted by Gasteiger charge is -1.86. The van der Waals surface area contributed by atoms with Gasteiger partial charge < -0.3 is 0 Å². The third-order valence-corrected chi connectivity index (χ3v) is 4.58. The molecule has 1 spiro atoms. The van der Waals surface area contributed by atoms with Crippen LogP contribution < -0.4 is 0 Å². The van der Waals surface area contributed by atoms with Gasteiger partial charge in [-0.15, -0.1) is 0 Å². The minimum atomic E-state index is 0.842. The average Bonchev–Trinajstić information content (AvgIpc) is 2.67. The molecule has 0 saturated heterocycles. The molecule has 0 heteroatoms. The molecule has 0 aromatic rings. The minimum absolute atomic E-state index is 0.842. The lowest BCUT2D eigenvalue weighted by Crippen LogP contribution is -1.80. The largest absolute Gasteiger partial charge is 0.0651 e. The van der Waals surface area contributed by atoms with Crippen molar-refractivity contribution in [3.63, 3.8) is 0 Å². The lowest BCUT2D eigenvalue weighted by atomic mass is 10.2. The van der Waals surface area contributed by atoms with Gasteiger partial charge in [-0.2, -0.15) is 0 Å². The molecule has 58 valence electrons. The first-order chi connectivity index (χ1) is 4.67. The Morgan fingerprint density at radius 1 is 1.00 bits per heavy atom. The topological polar surface area (TPSA) is 0 Å². The highest BCUT2D eigenvalue weighted by molar-refractivity contribution is 5.24. The van der Waals surface area contributed by atoms with Crippen LogP contribution in [0, 0.1) is 29.1 Å². The molecule has 2 saturated carbocycles. The van der Waals surface area contributed by atoms with Crippen LogP contribution in [0.4, 0.5) is 0 Å². The predicted molar refractivity (Wildman–Crippen MR) is 43.7 cm³/mol. The van der Waals surface area contributed by atoms with Crippen LogP contribution in [0.2, 0.25) is 0 Å². The third-order valence-electron chi connectivity index (χ3n) is 4.58. The van der Waals surface area contributed by atoms with Crippen molar-refractivity contribution in [1.82, 2.24) is 0 Å². The minimum Gasteiger partial charge on any atom is -0.0651 e. The molecule has 4 atom stereocenters. The monoisotopic (exact) mass is 138 g/mol. The summed E-state index contributed by atoms with van der Waals surface area (Å²) in [7, 11) is 0. The molecule has 0 amide bonds. The maximum atomic E-state index is 2.44. The first kappa shape index (κ1) is 6.69. The smallest absolute Gasteiger partial charge is 0.0181 e. The Hall–Kier alpha value is 0. The molecule has 0 aromatic heterocycles. The highest BCUT2D eigenvalue weighted by atomic mass is 14.8. The van der Waals surface area contributed by atoms with Crippen molar-refractivity contribution in [3.05, 3.63) is 0 Å². The van der Waals surface area contributed by atoms with Crippen molar-refractivity contribution < 1.29 is 0 Å². The fourth-order valence-electron chi connectivity index (χ4n) is 3.76. The van der Waals surface area contributed by atoms with Crippen molar-refractivity contribution >= 4 is 0 Å². The van der Waals surface area contributed by atoms with Crippen molar-refractivity contribution in [2.24, 2.45) is 29.1 Å². The second-order valence-electron chi connectivity index (χ2n) is 4.38. The Morgan fingerprint density at radius 3 is 1.60 bits per heavy atom. The second kappa shape index (κ2) is 1.60. The van der Waals surface area contributed by atoms with Gasteiger partial charge in [0.05, 0.1) is 0 Å². The quantitative estimate of drug-likeness (QED) is 0.522. The summed E-state index contributed by atoms with van der Waals surface area (Å²) in [6, 6.07) is 0. The Morgan fingerprint density at radius 2 is 1.50 bits per heavy atom. The average molecular weight is 138 g/mol. The van der Waals surface area contributed by atoms with Crippen molar-refractivity contribution in [2.45, 2.75) is 34.1 Å². The SMILES string of the molecule is CCC1C(C)C12C(C)C2C. The standard InChI is InChI=1S/C10H18/c1-5-9-8(4)10(9)6(2)7(10)3/h6-9H,5H2,1-4H3. The Labute approximate surface area is 64.0 Å². The van der Waals surface area contributed by atoms with Crippen LogP contribution in [0.3, 0.4) is 0 Å². The molecular formula is C10H18. The van der Waals surface area contributed by atoms with E-state index in [-0.39, 0.29) is 0 Å². The molecule has 0 aliphatic heterocycles. The summed E-state index contributed by atoms with van der Waals surface area (Å²) < 4.78 is 0. The Kier molecular flexibility index (Phi) is 1.07. The van der Waals surface area contributed by atoms with E-state index in [0.29, 0.717) is 0 Å². The maximum absolute atomic E-state index is 2.44. The molecule has 0 nitrogen and oxygen atoms in total. The lowest BCUT2D eigenvalue weighted by molar-refractivity contribution is 0.617. The van der Waals surface area contributed by atoms with E-state index in [9.17, 15) is 0 Å². The molecule has 0 bridgehead atoms. The number of hydrogen-bond acceptors (Lipinski definition) is 0. The highest BCUT2D eigenvalue weighted by Crippen LogP contribution is 2.82. The van der Waals surface area contributed by atoms with Gasteiger partial charge in [0.25, 0.3) is 0 Å². The van der Waals surface area contributed by atoms with Crippen molar-refractivity contribution in [1.29, 1.82) is 0 Å². The molecule has 2 fully saturated rings. The molecule has 2 aliphatic rings. The maximum Gasteiger partial charge on any atom is -0.0181 e. The zero-order chi connectivity index (χ0) is 7.52. The van der Waals surface area contributed by atoms with E-state index >= 15 is 0 Å². The van der Waals surface area contributed by atoms with E-state index < -0.39 is 0 Å². The van der Waals surface area contributed by atoms with Gasteiger partial charge in [-0.25, -0.2) is 0 Å². The zero-order valence-electron chi connectivity index (χ0n) is 7.52. The summed E-state index contributed by atoms with van der Waals surface area (Å²) in [5.41, 5.74) is 0.842. The van der Waals surface area contributed by atoms with Crippen LogP contribution in [0.1, 0.15) is 34.1 Å². The highest BCUT2D eigenvalue weighted by Gasteiger charge is 2.77. The second-order valence-corrected chi connectivity index (χ2v) is 4.38. The van der Waals surface area contributed by atoms with Gasteiger partial charge in [0, 0.05) is 0 Å². The summed E-state index contributed by atoms with van der Waals surface area (Å²) in [6.45, 7) is 9.63. The van der Waals surface area contributed by atoms with Crippen LogP contribution >= 0.6 is 0 Å². The van der Waals surface area contributed by atoms with Gasteiger partial charge in [0.2, 0.25) is 0 Å². The number of rotatable bonds is 1. The van der Waals surface area contributed by atoms with Gasteiger partial charge in [-0.05, 0) is 29.1 Å². The van der Waals surface area contributed by atoms with Gasteiger partial charge in [-0.3, -0.25) is 0 Å². The Bertz CT molecular complexity index is 151. The molecule has 0 heterocycles. The Balaban J connectivity index is 2.11. The first-order valence-corrected chi connectivity index (χ1v) is 4.67. The van der Waals surface area contributed by atoms with Gasteiger partial charge >= 0.3 is 0 Å². The molecule has 10 heavy (non-hydrogen) atoms. The van der Waals surface area contributed by atoms with Crippen LogP contribution in [-0.4, -0.2) is 0 Å². The summed E-state index contributed by atoms with van der Waals surface area (Å²) in [6.07, 6.45) is 1.41. The van der Waals surface area contributed by atoms with Crippen LogP contribution in [0.5, 0.6) is 0 Å². The molecule has 0 aromatic carbocycles.